The van der Waals surface area contributed by atoms with Crippen LogP contribution in [0.5, 0.6) is 0 Å². The highest BCUT2D eigenvalue weighted by molar-refractivity contribution is 8.37. The topological polar surface area (TPSA) is 23.6 Å². The zero-order chi connectivity index (χ0) is 18.2. The summed E-state index contributed by atoms with van der Waals surface area (Å²) in [5, 5.41) is 0. The van der Waals surface area contributed by atoms with Crippen LogP contribution < -0.4 is 0 Å². The number of nitrogens with zero attached hydrogens (tertiary/aromatic N) is 2. The summed E-state index contributed by atoms with van der Waals surface area (Å²) >= 11 is 14.0. The molecule has 0 saturated heterocycles. The smallest absolute Gasteiger partial charge is 0.161 e. The molecule has 0 atom stereocenters. The summed E-state index contributed by atoms with van der Waals surface area (Å²) in [6, 6.07) is 0. The summed E-state index contributed by atoms with van der Waals surface area (Å²) in [5.41, 5.74) is -0.414. The van der Waals surface area contributed by atoms with Crippen molar-refractivity contribution in [3.8, 4) is 0 Å². The lowest BCUT2D eigenvalue weighted by atomic mass is 9.92. The van der Waals surface area contributed by atoms with E-state index in [2.05, 4.69) is 37.5 Å². The van der Waals surface area contributed by atoms with Crippen LogP contribution in [-0.2, 0) is 4.79 Å². The molecule has 3 nitrogen and oxygen atoms in total. The summed E-state index contributed by atoms with van der Waals surface area (Å²) in [6.45, 7) is 17.5. The molecule has 0 aromatic heterocycles. The molecule has 7 heteroatoms. The summed E-state index contributed by atoms with van der Waals surface area (Å²) in [6.07, 6.45) is 0. The van der Waals surface area contributed by atoms with Gasteiger partial charge in [0, 0.05) is 31.6 Å². The van der Waals surface area contributed by atoms with Crippen LogP contribution in [0.4, 0.5) is 0 Å². The van der Waals surface area contributed by atoms with Crippen LogP contribution in [0.1, 0.15) is 48.5 Å². The van der Waals surface area contributed by atoms with E-state index >= 15 is 0 Å². The molecule has 134 valence electrons. The Morgan fingerprint density at radius 1 is 0.870 bits per heavy atom. The number of hydrogen-bond acceptors (Lipinski definition) is 5. The highest BCUT2D eigenvalue weighted by Crippen LogP contribution is 2.34. The van der Waals surface area contributed by atoms with Crippen molar-refractivity contribution in [2.75, 3.05) is 26.2 Å². The second kappa shape index (κ2) is 10.9. The first-order valence-electron chi connectivity index (χ1n) is 8.07. The molecule has 0 aliphatic carbocycles. The number of carbonyl (C=O) groups excluding carboxylic acids is 1. The van der Waals surface area contributed by atoms with E-state index in [4.69, 9.17) is 24.4 Å². The summed E-state index contributed by atoms with van der Waals surface area (Å²) in [5.74, 6) is 0.177. The number of thioether (sulfide) groups is 2. The Hall–Kier alpha value is 0.150. The zero-order valence-corrected chi connectivity index (χ0v) is 18.6. The average molecular weight is 395 g/mol. The Kier molecular flexibility index (Phi) is 11.0. The van der Waals surface area contributed by atoms with Crippen LogP contribution in [-0.4, -0.2) is 55.0 Å². The molecule has 0 rings (SSSR count). The second-order valence-electron chi connectivity index (χ2n) is 6.06. The fourth-order valence-corrected chi connectivity index (χ4v) is 6.08. The Morgan fingerprint density at radius 3 is 1.39 bits per heavy atom. The van der Waals surface area contributed by atoms with E-state index in [1.165, 1.54) is 23.5 Å². The maximum Gasteiger partial charge on any atom is 0.161 e. The van der Waals surface area contributed by atoms with Crippen molar-refractivity contribution in [1.82, 2.24) is 9.80 Å². The monoisotopic (exact) mass is 394 g/mol. The summed E-state index contributed by atoms with van der Waals surface area (Å²) in [4.78, 5) is 17.0. The lowest BCUT2D eigenvalue weighted by Crippen LogP contribution is -2.36. The van der Waals surface area contributed by atoms with E-state index < -0.39 is 5.41 Å². The minimum Gasteiger partial charge on any atom is -0.358 e. The highest BCUT2D eigenvalue weighted by atomic mass is 32.2. The molecule has 23 heavy (non-hydrogen) atoms. The lowest BCUT2D eigenvalue weighted by Gasteiger charge is -2.29. The minimum atomic E-state index is -0.414. The van der Waals surface area contributed by atoms with Gasteiger partial charge in [0.25, 0.3) is 0 Å². The van der Waals surface area contributed by atoms with E-state index in [1.807, 2.05) is 20.8 Å². The van der Waals surface area contributed by atoms with Crippen molar-refractivity contribution >= 4 is 62.4 Å². The zero-order valence-electron chi connectivity index (χ0n) is 15.3. The number of hydrogen-bond donors (Lipinski definition) is 0. The van der Waals surface area contributed by atoms with E-state index in [0.29, 0.717) is 0 Å². The molecule has 0 heterocycles. The molecule has 0 amide bonds. The van der Waals surface area contributed by atoms with Gasteiger partial charge >= 0.3 is 0 Å². The van der Waals surface area contributed by atoms with Gasteiger partial charge in [0.2, 0.25) is 0 Å². The van der Waals surface area contributed by atoms with Crippen molar-refractivity contribution in [2.45, 2.75) is 53.0 Å². The van der Waals surface area contributed by atoms with Gasteiger partial charge in [-0.1, -0.05) is 68.7 Å². The normalized spacial score (nSPS) is 11.5. The number of ketones is 1. The maximum atomic E-state index is 12.8. The van der Waals surface area contributed by atoms with Gasteiger partial charge in [-0.15, -0.1) is 0 Å². The SMILES string of the molecule is CCN(CC)C(=S)SC(SC(=S)N(CC)CC)C(=O)C(C)(C)C. The Balaban J connectivity index is 5.22. The quantitative estimate of drug-likeness (QED) is 0.457. The molecule has 0 fully saturated rings. The van der Waals surface area contributed by atoms with Crippen molar-refractivity contribution in [1.29, 1.82) is 0 Å². The van der Waals surface area contributed by atoms with E-state index in [1.54, 1.807) is 0 Å². The average Bonchev–Trinajstić information content (AvgIpc) is 2.47. The van der Waals surface area contributed by atoms with Crippen LogP contribution in [0.25, 0.3) is 0 Å². The fraction of sp³-hybridized carbons (Fsp3) is 0.812. The largest absolute Gasteiger partial charge is 0.358 e. The maximum absolute atomic E-state index is 12.8. The molecular formula is C16H30N2OS4. The highest BCUT2D eigenvalue weighted by Gasteiger charge is 2.33. The number of Topliss-reactive ketones (excluding diaryl/α,β-unsaturated/α-hetero) is 1. The van der Waals surface area contributed by atoms with E-state index in [9.17, 15) is 4.79 Å². The lowest BCUT2D eigenvalue weighted by molar-refractivity contribution is -0.124. The van der Waals surface area contributed by atoms with Gasteiger partial charge in [-0.3, -0.25) is 4.79 Å². The van der Waals surface area contributed by atoms with Crippen LogP contribution >= 0.6 is 48.0 Å². The number of carbonyl (C=O) groups is 1. The molecule has 0 N–H and O–H groups in total. The van der Waals surface area contributed by atoms with E-state index in [-0.39, 0.29) is 10.4 Å². The van der Waals surface area contributed by atoms with Crippen molar-refractivity contribution in [2.24, 2.45) is 5.41 Å². The van der Waals surface area contributed by atoms with Crippen molar-refractivity contribution < 1.29 is 4.79 Å². The molecule has 0 radical (unpaired) electrons. The molecule has 0 aliphatic heterocycles. The van der Waals surface area contributed by atoms with Crippen LogP contribution in [0.3, 0.4) is 0 Å². The van der Waals surface area contributed by atoms with Crippen molar-refractivity contribution in [3.05, 3.63) is 0 Å². The minimum absolute atomic E-state index is 0.177. The standard InChI is InChI=1S/C16H30N2OS4/c1-8-17(9-2)14(20)22-13(12(19)16(5,6)7)23-15(21)18(10-3)11-4/h13H,8-11H2,1-7H3. The Bertz CT molecular complexity index is 387. The Morgan fingerprint density at radius 2 is 1.17 bits per heavy atom. The molecule has 0 unspecified atom stereocenters. The number of rotatable bonds is 7. The summed E-state index contributed by atoms with van der Waals surface area (Å²) < 4.78 is 1.25. The molecule has 0 aliphatic rings. The van der Waals surface area contributed by atoms with Crippen LogP contribution in [0, 0.1) is 5.41 Å². The van der Waals surface area contributed by atoms with Gasteiger partial charge in [0.1, 0.15) is 13.2 Å². The molecule has 0 spiro atoms. The third kappa shape index (κ3) is 7.71. The van der Waals surface area contributed by atoms with Gasteiger partial charge in [0.15, 0.2) is 5.78 Å². The Labute approximate surface area is 161 Å². The number of thiocarbonyl (C=S) groups is 2. The molecule has 0 aromatic rings. The molecule has 0 bridgehead atoms. The van der Waals surface area contributed by atoms with Gasteiger partial charge in [-0.25, -0.2) is 0 Å². The fourth-order valence-electron chi connectivity index (χ4n) is 1.78. The van der Waals surface area contributed by atoms with Gasteiger partial charge < -0.3 is 9.80 Å². The predicted octanol–water partition coefficient (Wildman–Crippen LogP) is 4.65. The second-order valence-corrected chi connectivity index (χ2v) is 9.83. The first-order chi connectivity index (χ1) is 10.6. The first-order valence-corrected chi connectivity index (χ1v) is 10.6. The van der Waals surface area contributed by atoms with Gasteiger partial charge in [-0.05, 0) is 27.7 Å². The summed E-state index contributed by atoms with van der Waals surface area (Å²) in [7, 11) is 0. The van der Waals surface area contributed by atoms with Crippen LogP contribution in [0.15, 0.2) is 0 Å². The third-order valence-corrected chi connectivity index (χ3v) is 6.86. The molecule has 0 aromatic carbocycles. The molecular weight excluding hydrogens is 364 g/mol. The predicted molar refractivity (Wildman–Crippen MR) is 114 cm³/mol. The van der Waals surface area contributed by atoms with Crippen molar-refractivity contribution in [3.63, 3.8) is 0 Å². The first kappa shape index (κ1) is 23.1. The third-order valence-electron chi connectivity index (χ3n) is 3.41. The van der Waals surface area contributed by atoms with Gasteiger partial charge in [0.05, 0.1) is 0 Å². The van der Waals surface area contributed by atoms with Crippen LogP contribution in [0.2, 0.25) is 0 Å². The van der Waals surface area contributed by atoms with E-state index in [0.717, 1.165) is 34.8 Å². The van der Waals surface area contributed by atoms with Gasteiger partial charge in [-0.2, -0.15) is 0 Å². The molecule has 0 saturated carbocycles.